The van der Waals surface area contributed by atoms with Crippen LogP contribution in [0.25, 0.3) is 5.57 Å². The van der Waals surface area contributed by atoms with E-state index in [0.717, 1.165) is 6.54 Å². The molecule has 18 heavy (non-hydrogen) atoms. The van der Waals surface area contributed by atoms with Crippen LogP contribution < -0.4 is 0 Å². The second kappa shape index (κ2) is 5.55. The van der Waals surface area contributed by atoms with Gasteiger partial charge < -0.3 is 4.23 Å². The Labute approximate surface area is 115 Å². The predicted octanol–water partition coefficient (Wildman–Crippen LogP) is 4.67. The fourth-order valence-electron chi connectivity index (χ4n) is 2.44. The molecule has 3 heteroatoms. The summed E-state index contributed by atoms with van der Waals surface area (Å²) in [5, 5.41) is 0. The lowest BCUT2D eigenvalue weighted by molar-refractivity contribution is 0.697. The highest BCUT2D eigenvalue weighted by Gasteiger charge is 2.34. The van der Waals surface area contributed by atoms with E-state index >= 15 is 0 Å². The van der Waals surface area contributed by atoms with Crippen LogP contribution in [0.3, 0.4) is 0 Å². The van der Waals surface area contributed by atoms with Crippen molar-refractivity contribution in [3.05, 3.63) is 42.5 Å². The van der Waals surface area contributed by atoms with Crippen molar-refractivity contribution >= 4 is 22.0 Å². The topological polar surface area (TPSA) is 3.24 Å². The van der Waals surface area contributed by atoms with Gasteiger partial charge >= 0.3 is 0 Å². The van der Waals surface area contributed by atoms with Gasteiger partial charge in [-0.3, -0.25) is 0 Å². The average Bonchev–Trinajstić information content (AvgIpc) is 2.23. The summed E-state index contributed by atoms with van der Waals surface area (Å²) in [7, 11) is -2.57. The van der Waals surface area contributed by atoms with Crippen LogP contribution in [0, 0.1) is 0 Å². The van der Waals surface area contributed by atoms with Gasteiger partial charge in [0, 0.05) is 6.54 Å². The highest BCUT2D eigenvalue weighted by atomic mass is 28.4. The highest BCUT2D eigenvalue weighted by Crippen LogP contribution is 2.24. The Bertz CT molecular complexity index is 385. The molecule has 0 atom stereocenters. The molecule has 0 fully saturated rings. The van der Waals surface area contributed by atoms with Gasteiger partial charge in [0.15, 0.2) is 0 Å². The summed E-state index contributed by atoms with van der Waals surface area (Å²) in [4.78, 5) is 0. The molecule has 0 unspecified atom stereocenters. The maximum atomic E-state index is 4.29. The first kappa shape index (κ1) is 15.4. The zero-order chi connectivity index (χ0) is 14.0. The minimum Gasteiger partial charge on any atom is -0.342 e. The van der Waals surface area contributed by atoms with Crippen LogP contribution in [0.2, 0.25) is 39.3 Å². The molecule has 0 aliphatic carbocycles. The molecule has 1 nitrogen and oxygen atoms in total. The van der Waals surface area contributed by atoms with Crippen LogP contribution in [0.15, 0.2) is 36.9 Å². The molecular weight excluding hydrogens is 250 g/mol. The van der Waals surface area contributed by atoms with E-state index in [1.807, 2.05) is 0 Å². The molecule has 0 bridgehead atoms. The van der Waals surface area contributed by atoms with Crippen LogP contribution in [0.4, 0.5) is 0 Å². The number of rotatable bonds is 5. The second-order valence-electron chi connectivity index (χ2n) is 6.90. The first-order chi connectivity index (χ1) is 8.12. The Morgan fingerprint density at radius 3 is 1.78 bits per heavy atom. The molecule has 0 saturated carbocycles. The van der Waals surface area contributed by atoms with Crippen LogP contribution in [-0.4, -0.2) is 27.2 Å². The predicted molar refractivity (Wildman–Crippen MR) is 88.9 cm³/mol. The minimum atomic E-state index is -1.28. The van der Waals surface area contributed by atoms with Crippen LogP contribution in [0.5, 0.6) is 0 Å². The molecule has 0 aliphatic heterocycles. The maximum Gasteiger partial charge on any atom is 0.112 e. The summed E-state index contributed by atoms with van der Waals surface area (Å²) >= 11 is 0. The molecule has 0 radical (unpaired) electrons. The molecule has 1 rings (SSSR count). The highest BCUT2D eigenvalue weighted by molar-refractivity contribution is 6.89. The third-order valence-electron chi connectivity index (χ3n) is 3.15. The molecule has 0 amide bonds. The Kier molecular flexibility index (Phi) is 4.75. The summed E-state index contributed by atoms with van der Waals surface area (Å²) in [6.45, 7) is 19.9. The smallest absolute Gasteiger partial charge is 0.112 e. The van der Waals surface area contributed by atoms with E-state index in [1.54, 1.807) is 0 Å². The molecule has 1 aromatic rings. The van der Waals surface area contributed by atoms with Gasteiger partial charge in [-0.05, 0) is 11.1 Å². The number of hydrogen-bond donors (Lipinski definition) is 0. The molecule has 1 aromatic carbocycles. The fourth-order valence-corrected chi connectivity index (χ4v) is 11.8. The molecule has 100 valence electrons. The van der Waals surface area contributed by atoms with E-state index in [4.69, 9.17) is 0 Å². The summed E-state index contributed by atoms with van der Waals surface area (Å²) in [5.74, 6) is 0. The maximum absolute atomic E-state index is 4.29. The Morgan fingerprint density at radius 2 is 1.39 bits per heavy atom. The Morgan fingerprint density at radius 1 is 0.944 bits per heavy atom. The average molecular weight is 278 g/mol. The Hall–Kier alpha value is -0.646. The lowest BCUT2D eigenvalue weighted by Gasteiger charge is -2.44. The van der Waals surface area contributed by atoms with E-state index < -0.39 is 16.5 Å². The van der Waals surface area contributed by atoms with Gasteiger partial charge in [-0.1, -0.05) is 76.2 Å². The second-order valence-corrected chi connectivity index (χ2v) is 17.1. The van der Waals surface area contributed by atoms with Gasteiger partial charge in [-0.2, -0.15) is 0 Å². The van der Waals surface area contributed by atoms with Gasteiger partial charge in [0.25, 0.3) is 0 Å². The Balaban J connectivity index is 2.90. The normalized spacial score (nSPS) is 12.8. The third-order valence-corrected chi connectivity index (χ3v) is 10.7. The van der Waals surface area contributed by atoms with Crippen molar-refractivity contribution in [2.24, 2.45) is 0 Å². The van der Waals surface area contributed by atoms with Crippen molar-refractivity contribution in [3.8, 4) is 0 Å². The van der Waals surface area contributed by atoms with E-state index in [2.05, 4.69) is 80.4 Å². The van der Waals surface area contributed by atoms with Gasteiger partial charge in [0.2, 0.25) is 0 Å². The van der Waals surface area contributed by atoms with Gasteiger partial charge in [0.05, 0.1) is 0 Å². The molecule has 0 spiro atoms. The molecule has 0 N–H and O–H groups in total. The van der Waals surface area contributed by atoms with Crippen molar-refractivity contribution in [2.75, 3.05) is 6.54 Å². The lowest BCUT2D eigenvalue weighted by atomic mass is 10.1. The minimum absolute atomic E-state index is 1.02. The van der Waals surface area contributed by atoms with Crippen molar-refractivity contribution in [1.82, 2.24) is 4.23 Å². The molecule has 0 aromatic heterocycles. The zero-order valence-corrected chi connectivity index (χ0v) is 14.7. The summed E-state index contributed by atoms with van der Waals surface area (Å²) in [5.41, 5.74) is 2.53. The van der Waals surface area contributed by atoms with E-state index in [1.165, 1.54) is 11.1 Å². The number of benzene rings is 1. The lowest BCUT2D eigenvalue weighted by Crippen LogP contribution is -2.59. The van der Waals surface area contributed by atoms with Crippen LogP contribution >= 0.6 is 0 Å². The van der Waals surface area contributed by atoms with E-state index in [-0.39, 0.29) is 0 Å². The third kappa shape index (κ3) is 4.23. The fraction of sp³-hybridized carbons (Fsp3) is 0.467. The monoisotopic (exact) mass is 277 g/mol. The van der Waals surface area contributed by atoms with Crippen LogP contribution in [-0.2, 0) is 0 Å². The van der Waals surface area contributed by atoms with Gasteiger partial charge in [-0.25, -0.2) is 0 Å². The first-order valence-corrected chi connectivity index (χ1v) is 13.5. The molecule has 0 saturated heterocycles. The zero-order valence-electron chi connectivity index (χ0n) is 12.7. The SMILES string of the molecule is C=C(CN([Si](C)(C)C)[Si](C)(C)C)c1ccccc1. The summed E-state index contributed by atoms with van der Waals surface area (Å²) < 4.78 is 2.77. The van der Waals surface area contributed by atoms with Gasteiger partial charge in [-0.15, -0.1) is 0 Å². The number of hydrogen-bond acceptors (Lipinski definition) is 1. The van der Waals surface area contributed by atoms with Gasteiger partial charge in [0.1, 0.15) is 16.5 Å². The standard InChI is InChI=1S/C15H27NSi2/c1-14(15-11-9-8-10-12-15)13-16(17(2,3)4)18(5,6)7/h8-12H,1,13H2,2-7H3. The molecular formula is C15H27NSi2. The van der Waals surface area contributed by atoms with Crippen LogP contribution in [0.1, 0.15) is 5.56 Å². The summed E-state index contributed by atoms with van der Waals surface area (Å²) in [6, 6.07) is 10.6. The van der Waals surface area contributed by atoms with E-state index in [9.17, 15) is 0 Å². The van der Waals surface area contributed by atoms with Crippen molar-refractivity contribution < 1.29 is 0 Å². The first-order valence-electron chi connectivity index (χ1n) is 6.63. The molecule has 0 heterocycles. The largest absolute Gasteiger partial charge is 0.342 e. The number of nitrogens with zero attached hydrogens (tertiary/aromatic N) is 1. The van der Waals surface area contributed by atoms with E-state index in [0.29, 0.717) is 0 Å². The van der Waals surface area contributed by atoms with Crippen molar-refractivity contribution in [1.29, 1.82) is 0 Å². The van der Waals surface area contributed by atoms with Crippen molar-refractivity contribution in [2.45, 2.75) is 39.3 Å². The van der Waals surface area contributed by atoms with Crippen molar-refractivity contribution in [3.63, 3.8) is 0 Å². The quantitative estimate of drug-likeness (QED) is 0.707. The summed E-state index contributed by atoms with van der Waals surface area (Å²) in [6.07, 6.45) is 0. The molecule has 0 aliphatic rings.